The summed E-state index contributed by atoms with van der Waals surface area (Å²) in [4.78, 5) is 20.1. The third kappa shape index (κ3) is 2.47. The molecule has 2 aromatic heterocycles. The van der Waals surface area contributed by atoms with Gasteiger partial charge < -0.3 is 10.6 Å². The van der Waals surface area contributed by atoms with Crippen molar-refractivity contribution in [3.8, 4) is 0 Å². The Morgan fingerprint density at radius 1 is 1.40 bits per heavy atom. The molecule has 0 spiro atoms. The summed E-state index contributed by atoms with van der Waals surface area (Å²) in [5, 5.41) is 2.79. The van der Waals surface area contributed by atoms with Gasteiger partial charge in [-0.15, -0.1) is 11.3 Å². The first-order valence-corrected chi connectivity index (χ1v) is 7.34. The molecule has 3 rings (SSSR count). The molecule has 0 atom stereocenters. The van der Waals surface area contributed by atoms with Crippen molar-refractivity contribution in [2.24, 2.45) is 0 Å². The van der Waals surface area contributed by atoms with Gasteiger partial charge in [0.05, 0.1) is 5.69 Å². The standard InChI is InChI=1S/C13H17N5OS/c1-17-5-7-18(8-6-17)16-12(19)11-10(14)9-3-2-4-15-13(9)20-11/h2-4H,5-8,14H2,1H3,(H,16,19). The van der Waals surface area contributed by atoms with Gasteiger partial charge in [-0.25, -0.2) is 9.99 Å². The molecule has 0 saturated carbocycles. The van der Waals surface area contributed by atoms with E-state index in [1.165, 1.54) is 11.3 Å². The van der Waals surface area contributed by atoms with E-state index < -0.39 is 0 Å². The van der Waals surface area contributed by atoms with Gasteiger partial charge in [-0.1, -0.05) is 0 Å². The van der Waals surface area contributed by atoms with Crippen molar-refractivity contribution >= 4 is 33.1 Å². The van der Waals surface area contributed by atoms with Crippen molar-refractivity contribution in [1.82, 2.24) is 20.3 Å². The molecule has 106 valence electrons. The molecule has 1 aliphatic heterocycles. The molecule has 1 saturated heterocycles. The largest absolute Gasteiger partial charge is 0.397 e. The van der Waals surface area contributed by atoms with Crippen molar-refractivity contribution in [3.05, 3.63) is 23.2 Å². The predicted molar refractivity (Wildman–Crippen MR) is 80.6 cm³/mol. The fraction of sp³-hybridized carbons (Fsp3) is 0.385. The fourth-order valence-corrected chi connectivity index (χ4v) is 3.19. The first kappa shape index (κ1) is 13.3. The molecule has 20 heavy (non-hydrogen) atoms. The van der Waals surface area contributed by atoms with Crippen LogP contribution in [0.3, 0.4) is 0 Å². The van der Waals surface area contributed by atoms with Crippen LogP contribution in [0, 0.1) is 0 Å². The minimum atomic E-state index is -0.143. The highest BCUT2D eigenvalue weighted by Crippen LogP contribution is 2.31. The molecule has 0 unspecified atom stereocenters. The van der Waals surface area contributed by atoms with Crippen LogP contribution in [-0.4, -0.2) is 54.0 Å². The number of likely N-dealkylation sites (N-methyl/N-ethyl adjacent to an activating group) is 1. The van der Waals surface area contributed by atoms with Gasteiger partial charge in [0.15, 0.2) is 0 Å². The number of pyridine rings is 1. The van der Waals surface area contributed by atoms with Crippen molar-refractivity contribution in [2.45, 2.75) is 0 Å². The Balaban J connectivity index is 1.77. The number of hydrazine groups is 1. The zero-order valence-corrected chi connectivity index (χ0v) is 12.1. The van der Waals surface area contributed by atoms with Gasteiger partial charge >= 0.3 is 0 Å². The minimum Gasteiger partial charge on any atom is -0.397 e. The van der Waals surface area contributed by atoms with Crippen LogP contribution in [-0.2, 0) is 0 Å². The van der Waals surface area contributed by atoms with Crippen LogP contribution in [0.1, 0.15) is 9.67 Å². The SMILES string of the molecule is CN1CCN(NC(=O)c2sc3ncccc3c2N)CC1. The molecule has 0 aliphatic carbocycles. The van der Waals surface area contributed by atoms with Gasteiger partial charge in [0.2, 0.25) is 0 Å². The number of nitrogens with zero attached hydrogens (tertiary/aromatic N) is 3. The van der Waals surface area contributed by atoms with E-state index in [1.807, 2.05) is 17.1 Å². The smallest absolute Gasteiger partial charge is 0.277 e. The maximum Gasteiger partial charge on any atom is 0.277 e. The summed E-state index contributed by atoms with van der Waals surface area (Å²) in [6.45, 7) is 3.55. The maximum atomic E-state index is 12.3. The first-order chi connectivity index (χ1) is 9.65. The van der Waals surface area contributed by atoms with Crippen LogP contribution in [0.25, 0.3) is 10.2 Å². The van der Waals surface area contributed by atoms with Gasteiger partial charge in [-0.2, -0.15) is 0 Å². The van der Waals surface area contributed by atoms with Crippen molar-refractivity contribution < 1.29 is 4.79 Å². The lowest BCUT2D eigenvalue weighted by Gasteiger charge is -2.32. The van der Waals surface area contributed by atoms with Gasteiger partial charge in [0.1, 0.15) is 9.71 Å². The van der Waals surface area contributed by atoms with E-state index in [4.69, 9.17) is 5.73 Å². The quantitative estimate of drug-likeness (QED) is 0.855. The van der Waals surface area contributed by atoms with E-state index in [-0.39, 0.29) is 5.91 Å². The molecule has 0 radical (unpaired) electrons. The zero-order valence-electron chi connectivity index (χ0n) is 11.3. The van der Waals surface area contributed by atoms with Crippen LogP contribution >= 0.6 is 11.3 Å². The van der Waals surface area contributed by atoms with E-state index in [0.29, 0.717) is 10.6 Å². The summed E-state index contributed by atoms with van der Waals surface area (Å²) >= 11 is 1.34. The van der Waals surface area contributed by atoms with Crippen LogP contribution in [0.5, 0.6) is 0 Å². The topological polar surface area (TPSA) is 74.5 Å². The number of carbonyl (C=O) groups excluding carboxylic acids is 1. The Morgan fingerprint density at radius 3 is 2.85 bits per heavy atom. The Bertz CT molecular complexity index is 633. The normalized spacial score (nSPS) is 17.4. The second-order valence-electron chi connectivity index (χ2n) is 4.93. The second kappa shape index (κ2) is 5.35. The Morgan fingerprint density at radius 2 is 2.15 bits per heavy atom. The molecule has 6 nitrogen and oxygen atoms in total. The third-order valence-corrected chi connectivity index (χ3v) is 4.60. The monoisotopic (exact) mass is 291 g/mol. The third-order valence-electron chi connectivity index (χ3n) is 3.47. The highest BCUT2D eigenvalue weighted by Gasteiger charge is 2.20. The number of aromatic nitrogens is 1. The molecule has 0 aromatic carbocycles. The number of piperazine rings is 1. The van der Waals surface area contributed by atoms with Crippen LogP contribution < -0.4 is 11.2 Å². The van der Waals surface area contributed by atoms with Gasteiger partial charge in [0, 0.05) is 37.8 Å². The van der Waals surface area contributed by atoms with Gasteiger partial charge in [-0.3, -0.25) is 10.2 Å². The molecule has 1 amide bonds. The number of nitrogen functional groups attached to an aromatic ring is 1. The van der Waals surface area contributed by atoms with E-state index in [9.17, 15) is 4.79 Å². The highest BCUT2D eigenvalue weighted by atomic mass is 32.1. The predicted octanol–water partition coefficient (Wildman–Crippen LogP) is 0.771. The van der Waals surface area contributed by atoms with Crippen LogP contribution in [0.4, 0.5) is 5.69 Å². The molecule has 0 bridgehead atoms. The average Bonchev–Trinajstić information content (AvgIpc) is 2.79. The first-order valence-electron chi connectivity index (χ1n) is 6.52. The highest BCUT2D eigenvalue weighted by molar-refractivity contribution is 7.21. The summed E-state index contributed by atoms with van der Waals surface area (Å²) < 4.78 is 0. The second-order valence-corrected chi connectivity index (χ2v) is 5.93. The Hall–Kier alpha value is -1.70. The molecular formula is C13H17N5OS. The Labute approximate surface area is 121 Å². The van der Waals surface area contributed by atoms with Crippen LogP contribution in [0.2, 0.25) is 0 Å². The van der Waals surface area contributed by atoms with Crippen molar-refractivity contribution in [3.63, 3.8) is 0 Å². The number of thiophene rings is 1. The zero-order chi connectivity index (χ0) is 14.1. The van der Waals surface area contributed by atoms with E-state index >= 15 is 0 Å². The molecule has 1 fully saturated rings. The average molecular weight is 291 g/mol. The summed E-state index contributed by atoms with van der Waals surface area (Å²) in [5.41, 5.74) is 9.50. The fourth-order valence-electron chi connectivity index (χ4n) is 2.23. The number of amides is 1. The molecular weight excluding hydrogens is 274 g/mol. The molecule has 1 aliphatic rings. The lowest BCUT2D eigenvalue weighted by atomic mass is 10.2. The van der Waals surface area contributed by atoms with Crippen molar-refractivity contribution in [1.29, 1.82) is 0 Å². The molecule has 2 aromatic rings. The molecule has 3 N–H and O–H groups in total. The van der Waals surface area contributed by atoms with E-state index in [1.54, 1.807) is 6.20 Å². The number of fused-ring (bicyclic) bond motifs is 1. The minimum absolute atomic E-state index is 0.143. The summed E-state index contributed by atoms with van der Waals surface area (Å²) in [5.74, 6) is -0.143. The van der Waals surface area contributed by atoms with Crippen LogP contribution in [0.15, 0.2) is 18.3 Å². The van der Waals surface area contributed by atoms with Gasteiger partial charge in [-0.05, 0) is 19.2 Å². The molecule has 3 heterocycles. The number of nitrogens with one attached hydrogen (secondary N) is 1. The number of carbonyl (C=O) groups is 1. The Kier molecular flexibility index (Phi) is 3.56. The number of anilines is 1. The van der Waals surface area contributed by atoms with Crippen molar-refractivity contribution in [2.75, 3.05) is 39.0 Å². The summed E-state index contributed by atoms with van der Waals surface area (Å²) in [7, 11) is 2.08. The number of hydrogen-bond acceptors (Lipinski definition) is 6. The molecule has 7 heteroatoms. The lowest BCUT2D eigenvalue weighted by Crippen LogP contribution is -2.52. The number of hydrogen-bond donors (Lipinski definition) is 2. The lowest BCUT2D eigenvalue weighted by molar-refractivity contribution is 0.0667. The van der Waals surface area contributed by atoms with E-state index in [2.05, 4.69) is 22.4 Å². The summed E-state index contributed by atoms with van der Waals surface area (Å²) in [6, 6.07) is 3.72. The summed E-state index contributed by atoms with van der Waals surface area (Å²) in [6.07, 6.45) is 1.71. The maximum absolute atomic E-state index is 12.3. The number of nitrogens with two attached hydrogens (primary N) is 1. The number of rotatable bonds is 2. The van der Waals surface area contributed by atoms with Gasteiger partial charge in [0.25, 0.3) is 5.91 Å². The van der Waals surface area contributed by atoms with E-state index in [0.717, 1.165) is 36.4 Å².